The summed E-state index contributed by atoms with van der Waals surface area (Å²) < 4.78 is 38.2. The maximum Gasteiger partial charge on any atom is 0.293 e. The fourth-order valence-electron chi connectivity index (χ4n) is 4.07. The van der Waals surface area contributed by atoms with Gasteiger partial charge in [0, 0.05) is 17.5 Å². The lowest BCUT2D eigenvalue weighted by molar-refractivity contribution is -0.136. The van der Waals surface area contributed by atoms with Crippen LogP contribution in [0.25, 0.3) is 0 Å². The van der Waals surface area contributed by atoms with Crippen molar-refractivity contribution in [1.82, 2.24) is 0 Å². The number of hydrogen-bond donors (Lipinski definition) is 0. The average molecular weight is 386 g/mol. The van der Waals surface area contributed by atoms with E-state index in [2.05, 4.69) is 6.58 Å². The van der Waals surface area contributed by atoms with Crippen molar-refractivity contribution in [3.05, 3.63) is 75.9 Å². The Bertz CT molecular complexity index is 900. The third-order valence-electron chi connectivity index (χ3n) is 5.43. The van der Waals surface area contributed by atoms with Gasteiger partial charge in [0.1, 0.15) is 30.1 Å². The predicted octanol–water partition coefficient (Wildman–Crippen LogP) is 5.51. The minimum atomic E-state index is -0.638. The summed E-state index contributed by atoms with van der Waals surface area (Å²) >= 11 is 0. The molecule has 0 aliphatic heterocycles. The molecule has 3 rings (SSSR count). The predicted molar refractivity (Wildman–Crippen MR) is 103 cm³/mol. The van der Waals surface area contributed by atoms with E-state index in [4.69, 9.17) is 9.47 Å². The summed E-state index contributed by atoms with van der Waals surface area (Å²) in [7, 11) is 0. The van der Waals surface area contributed by atoms with E-state index < -0.39 is 17.7 Å². The van der Waals surface area contributed by atoms with Gasteiger partial charge in [-0.1, -0.05) is 12.2 Å². The van der Waals surface area contributed by atoms with E-state index in [1.165, 1.54) is 12.1 Å². The zero-order chi connectivity index (χ0) is 20.4. The first kappa shape index (κ1) is 20.1. The molecule has 148 valence electrons. The Morgan fingerprint density at radius 3 is 2.50 bits per heavy atom. The number of halogens is 2. The van der Waals surface area contributed by atoms with Gasteiger partial charge in [0.15, 0.2) is 0 Å². The quantitative estimate of drug-likeness (QED) is 0.485. The van der Waals surface area contributed by atoms with Gasteiger partial charge in [-0.15, -0.1) is 0 Å². The first-order valence-corrected chi connectivity index (χ1v) is 9.27. The number of benzene rings is 2. The average Bonchev–Trinajstić information content (AvgIpc) is 2.62. The Morgan fingerprint density at radius 1 is 1.21 bits per heavy atom. The van der Waals surface area contributed by atoms with Gasteiger partial charge >= 0.3 is 0 Å². The van der Waals surface area contributed by atoms with Crippen molar-refractivity contribution in [3.8, 4) is 5.75 Å². The van der Waals surface area contributed by atoms with Crippen LogP contribution in [0.2, 0.25) is 0 Å². The summed E-state index contributed by atoms with van der Waals surface area (Å²) in [4.78, 5) is 11.2. The monoisotopic (exact) mass is 386 g/mol. The molecule has 5 heteroatoms. The maximum atomic E-state index is 13.4. The van der Waals surface area contributed by atoms with E-state index in [9.17, 15) is 13.6 Å². The lowest BCUT2D eigenvalue weighted by atomic mass is 9.75. The van der Waals surface area contributed by atoms with E-state index in [0.717, 1.165) is 46.7 Å². The molecular weight excluding hydrogens is 362 g/mol. The minimum absolute atomic E-state index is 0.0386. The van der Waals surface area contributed by atoms with E-state index in [-0.39, 0.29) is 12.5 Å². The van der Waals surface area contributed by atoms with Crippen LogP contribution in [-0.4, -0.2) is 6.47 Å². The molecule has 0 saturated carbocycles. The zero-order valence-corrected chi connectivity index (χ0v) is 16.4. The van der Waals surface area contributed by atoms with Gasteiger partial charge in [0.05, 0.1) is 0 Å². The number of carbonyl (C=O) groups is 1. The van der Waals surface area contributed by atoms with E-state index in [1.807, 2.05) is 26.8 Å². The Kier molecular flexibility index (Phi) is 5.82. The fraction of sp³-hybridized carbons (Fsp3) is 0.348. The Balaban J connectivity index is 1.97. The molecule has 1 aliphatic carbocycles. The highest BCUT2D eigenvalue weighted by atomic mass is 19.1. The van der Waals surface area contributed by atoms with Crippen LogP contribution < -0.4 is 4.74 Å². The van der Waals surface area contributed by atoms with Crippen LogP contribution in [0, 0.1) is 31.4 Å². The molecule has 2 atom stereocenters. The molecule has 3 nitrogen and oxygen atoms in total. The number of rotatable bonds is 6. The van der Waals surface area contributed by atoms with Gasteiger partial charge in [0.2, 0.25) is 0 Å². The highest BCUT2D eigenvalue weighted by Crippen LogP contribution is 2.45. The zero-order valence-electron chi connectivity index (χ0n) is 16.4. The van der Waals surface area contributed by atoms with Crippen LogP contribution in [-0.2, 0) is 22.6 Å². The van der Waals surface area contributed by atoms with E-state index >= 15 is 0 Å². The molecule has 0 spiro atoms. The van der Waals surface area contributed by atoms with Crippen molar-refractivity contribution in [3.63, 3.8) is 0 Å². The molecule has 0 bridgehead atoms. The molecule has 0 fully saturated rings. The van der Waals surface area contributed by atoms with E-state index in [1.54, 1.807) is 0 Å². The number of hydrogen-bond acceptors (Lipinski definition) is 3. The van der Waals surface area contributed by atoms with Crippen LogP contribution in [0.15, 0.2) is 36.4 Å². The SMILES string of the molecule is C=C(C)[C@@H]1CCc2c(C)cc(OCc3cc(F)cc(F)c3)c(C)c2[C@@H]1OC=O. The molecule has 2 aromatic carbocycles. The molecular formula is C23H24F2O3. The summed E-state index contributed by atoms with van der Waals surface area (Å²) in [5.41, 5.74) is 5.40. The first-order chi connectivity index (χ1) is 13.3. The molecule has 1 aliphatic rings. The van der Waals surface area contributed by atoms with Gasteiger partial charge in [-0.05, 0) is 74.1 Å². The second-order valence-corrected chi connectivity index (χ2v) is 7.42. The summed E-state index contributed by atoms with van der Waals surface area (Å²) in [6.45, 7) is 10.4. The van der Waals surface area contributed by atoms with Gasteiger partial charge in [-0.3, -0.25) is 4.79 Å². The second kappa shape index (κ2) is 8.13. The highest BCUT2D eigenvalue weighted by molar-refractivity contribution is 5.53. The Labute approximate surface area is 164 Å². The number of aryl methyl sites for hydroxylation is 1. The second-order valence-electron chi connectivity index (χ2n) is 7.42. The van der Waals surface area contributed by atoms with Gasteiger partial charge in [-0.2, -0.15) is 0 Å². The molecule has 0 heterocycles. The summed E-state index contributed by atoms with van der Waals surface area (Å²) in [5, 5.41) is 0. The van der Waals surface area contributed by atoms with Crippen LogP contribution in [0.4, 0.5) is 8.78 Å². The van der Waals surface area contributed by atoms with Crippen molar-refractivity contribution in [2.24, 2.45) is 5.92 Å². The molecule has 0 aromatic heterocycles. The highest BCUT2D eigenvalue weighted by Gasteiger charge is 2.34. The summed E-state index contributed by atoms with van der Waals surface area (Å²) in [6, 6.07) is 5.26. The third kappa shape index (κ3) is 3.93. The maximum absolute atomic E-state index is 13.4. The van der Waals surface area contributed by atoms with E-state index in [0.29, 0.717) is 17.8 Å². The number of carbonyl (C=O) groups excluding carboxylic acids is 1. The third-order valence-corrected chi connectivity index (χ3v) is 5.43. The molecule has 0 N–H and O–H groups in total. The van der Waals surface area contributed by atoms with Crippen molar-refractivity contribution in [2.75, 3.05) is 0 Å². The van der Waals surface area contributed by atoms with Crippen LogP contribution in [0.1, 0.15) is 47.3 Å². The molecule has 0 radical (unpaired) electrons. The topological polar surface area (TPSA) is 35.5 Å². The molecule has 2 aromatic rings. The van der Waals surface area contributed by atoms with Crippen molar-refractivity contribution < 1.29 is 23.0 Å². The number of ether oxygens (including phenoxy) is 2. The standard InChI is InChI=1S/C23H24F2O3/c1-13(2)19-5-6-20-14(3)7-21(15(4)22(20)23(19)28-12-26)27-11-16-8-17(24)10-18(25)9-16/h7-10,12,19,23H,1,5-6,11H2,2-4H3/t19-,23+/m0/s1. The van der Waals surface area contributed by atoms with Crippen LogP contribution in [0.3, 0.4) is 0 Å². The van der Waals surface area contributed by atoms with Crippen molar-refractivity contribution >= 4 is 6.47 Å². The fourth-order valence-corrected chi connectivity index (χ4v) is 4.07. The number of fused-ring (bicyclic) bond motifs is 1. The largest absolute Gasteiger partial charge is 0.489 e. The Morgan fingerprint density at radius 2 is 1.89 bits per heavy atom. The van der Waals surface area contributed by atoms with Crippen LogP contribution in [0.5, 0.6) is 5.75 Å². The van der Waals surface area contributed by atoms with Crippen LogP contribution >= 0.6 is 0 Å². The van der Waals surface area contributed by atoms with Crippen molar-refractivity contribution in [2.45, 2.75) is 46.3 Å². The van der Waals surface area contributed by atoms with Gasteiger partial charge in [0.25, 0.3) is 6.47 Å². The molecule has 28 heavy (non-hydrogen) atoms. The first-order valence-electron chi connectivity index (χ1n) is 9.27. The normalized spacial score (nSPS) is 18.3. The van der Waals surface area contributed by atoms with Gasteiger partial charge < -0.3 is 9.47 Å². The molecule has 0 saturated heterocycles. The minimum Gasteiger partial charge on any atom is -0.489 e. The van der Waals surface area contributed by atoms with Crippen molar-refractivity contribution in [1.29, 1.82) is 0 Å². The lowest BCUT2D eigenvalue weighted by Gasteiger charge is -2.35. The molecule has 0 amide bonds. The lowest BCUT2D eigenvalue weighted by Crippen LogP contribution is -2.25. The van der Waals surface area contributed by atoms with Gasteiger partial charge in [-0.25, -0.2) is 8.78 Å². The molecule has 0 unspecified atom stereocenters. The Hall–Kier alpha value is -2.69. The summed E-state index contributed by atoms with van der Waals surface area (Å²) in [6.07, 6.45) is 1.32. The summed E-state index contributed by atoms with van der Waals surface area (Å²) in [5.74, 6) is -0.618. The smallest absolute Gasteiger partial charge is 0.293 e.